The molecular formula is C9H12O2P+. The van der Waals surface area contributed by atoms with Gasteiger partial charge in [0.25, 0.3) is 0 Å². The molecule has 1 N–H and O–H groups in total. The molecule has 64 valence electrons. The fourth-order valence-electron chi connectivity index (χ4n) is 1.23. The molecule has 0 saturated carbocycles. The van der Waals surface area contributed by atoms with Gasteiger partial charge in [0.1, 0.15) is 0 Å². The van der Waals surface area contributed by atoms with Crippen molar-refractivity contribution in [2.45, 2.75) is 20.8 Å². The Bertz CT molecular complexity index is 332. The first kappa shape index (κ1) is 9.37. The van der Waals surface area contributed by atoms with E-state index in [-0.39, 0.29) is 0 Å². The molecule has 0 bridgehead atoms. The third-order valence-corrected chi connectivity index (χ3v) is 3.17. The number of rotatable bonds is 1. The first-order chi connectivity index (χ1) is 5.54. The van der Waals surface area contributed by atoms with Gasteiger partial charge in [0.15, 0.2) is 0 Å². The summed E-state index contributed by atoms with van der Waals surface area (Å²) in [6, 6.07) is 3.84. The van der Waals surface area contributed by atoms with Crippen molar-refractivity contribution >= 4 is 13.3 Å². The van der Waals surface area contributed by atoms with E-state index in [1.54, 1.807) is 0 Å². The van der Waals surface area contributed by atoms with Gasteiger partial charge in [-0.25, -0.2) is 0 Å². The van der Waals surface area contributed by atoms with Gasteiger partial charge in [0, 0.05) is 11.1 Å². The van der Waals surface area contributed by atoms with Gasteiger partial charge >= 0.3 is 8.03 Å². The van der Waals surface area contributed by atoms with E-state index in [0.29, 0.717) is 5.30 Å². The molecular weight excluding hydrogens is 171 g/mol. The van der Waals surface area contributed by atoms with Crippen LogP contribution in [-0.4, -0.2) is 4.89 Å². The van der Waals surface area contributed by atoms with Crippen LogP contribution in [0.5, 0.6) is 0 Å². The van der Waals surface area contributed by atoms with E-state index in [2.05, 4.69) is 0 Å². The lowest BCUT2D eigenvalue weighted by molar-refractivity contribution is 0.513. The average molecular weight is 183 g/mol. The van der Waals surface area contributed by atoms with Gasteiger partial charge < -0.3 is 0 Å². The third kappa shape index (κ3) is 1.55. The zero-order valence-corrected chi connectivity index (χ0v) is 8.35. The fourth-order valence-corrected chi connectivity index (χ4v) is 2.07. The lowest BCUT2D eigenvalue weighted by Gasteiger charge is -2.00. The van der Waals surface area contributed by atoms with E-state index in [1.165, 1.54) is 0 Å². The minimum atomic E-state index is -2.20. The molecule has 0 amide bonds. The van der Waals surface area contributed by atoms with Crippen LogP contribution in [0.3, 0.4) is 0 Å². The maximum atomic E-state index is 10.9. The molecule has 0 aliphatic carbocycles. The molecule has 1 aromatic carbocycles. The minimum Gasteiger partial charge on any atom is -0.156 e. The highest BCUT2D eigenvalue weighted by Gasteiger charge is 2.23. The van der Waals surface area contributed by atoms with Gasteiger partial charge in [-0.1, -0.05) is 12.1 Å². The normalized spacial score (nSPS) is 11.5. The van der Waals surface area contributed by atoms with E-state index in [4.69, 9.17) is 4.89 Å². The largest absolute Gasteiger partial charge is 0.546 e. The molecule has 1 rings (SSSR count). The highest BCUT2D eigenvalue weighted by atomic mass is 31.1. The van der Waals surface area contributed by atoms with E-state index in [0.717, 1.165) is 16.7 Å². The summed E-state index contributed by atoms with van der Waals surface area (Å²) in [4.78, 5) is 9.02. The van der Waals surface area contributed by atoms with Crippen LogP contribution in [0.25, 0.3) is 0 Å². The highest BCUT2D eigenvalue weighted by Crippen LogP contribution is 2.20. The molecule has 0 fully saturated rings. The lowest BCUT2D eigenvalue weighted by Crippen LogP contribution is -2.07. The molecule has 0 aliphatic rings. The summed E-state index contributed by atoms with van der Waals surface area (Å²) in [5.41, 5.74) is 2.88. The van der Waals surface area contributed by atoms with Crippen molar-refractivity contribution in [3.8, 4) is 0 Å². The molecule has 2 nitrogen and oxygen atoms in total. The fraction of sp³-hybridized carbons (Fsp3) is 0.333. The Labute approximate surface area is 73.1 Å². The number of aryl methyl sites for hydroxylation is 2. The molecule has 0 aliphatic heterocycles. The Balaban J connectivity index is 3.43. The quantitative estimate of drug-likeness (QED) is 0.676. The Kier molecular flexibility index (Phi) is 2.61. The first-order valence-electron chi connectivity index (χ1n) is 3.77. The van der Waals surface area contributed by atoms with Gasteiger partial charge in [-0.2, -0.15) is 4.89 Å². The van der Waals surface area contributed by atoms with Gasteiger partial charge in [-0.3, -0.25) is 0 Å². The average Bonchev–Trinajstić information content (AvgIpc) is 1.97. The standard InChI is InChI=1S/C9H11O2P/c1-6-4-5-7(2)9(8(6)3)12(10)11/h4-5H,1-3H3/p+1. The zero-order valence-electron chi connectivity index (χ0n) is 7.46. The molecule has 0 aromatic heterocycles. The van der Waals surface area contributed by atoms with Gasteiger partial charge in [-0.05, 0) is 30.9 Å². The van der Waals surface area contributed by atoms with Crippen LogP contribution < -0.4 is 5.30 Å². The first-order valence-corrected chi connectivity index (χ1v) is 4.98. The number of hydrogen-bond donors (Lipinski definition) is 1. The summed E-state index contributed by atoms with van der Waals surface area (Å²) in [7, 11) is -2.20. The van der Waals surface area contributed by atoms with Crippen LogP contribution in [0.2, 0.25) is 0 Å². The molecule has 1 atom stereocenters. The van der Waals surface area contributed by atoms with Crippen LogP contribution in [0.1, 0.15) is 16.7 Å². The minimum absolute atomic E-state index is 0.588. The van der Waals surface area contributed by atoms with Crippen LogP contribution in [0.15, 0.2) is 12.1 Å². The lowest BCUT2D eigenvalue weighted by atomic mass is 10.1. The predicted octanol–water partition coefficient (Wildman–Crippen LogP) is 1.97. The smallest absolute Gasteiger partial charge is 0.156 e. The third-order valence-electron chi connectivity index (χ3n) is 2.09. The van der Waals surface area contributed by atoms with Crippen molar-refractivity contribution < 1.29 is 9.46 Å². The molecule has 0 spiro atoms. The highest BCUT2D eigenvalue weighted by molar-refractivity contribution is 7.47. The summed E-state index contributed by atoms with van der Waals surface area (Å²) in [5.74, 6) is 0. The van der Waals surface area contributed by atoms with Crippen molar-refractivity contribution in [3.05, 3.63) is 28.8 Å². The summed E-state index contributed by atoms with van der Waals surface area (Å²) >= 11 is 0. The van der Waals surface area contributed by atoms with Gasteiger partial charge in [-0.15, -0.1) is 0 Å². The summed E-state index contributed by atoms with van der Waals surface area (Å²) < 4.78 is 10.9. The van der Waals surface area contributed by atoms with E-state index in [9.17, 15) is 4.57 Å². The van der Waals surface area contributed by atoms with Gasteiger partial charge in [0.05, 0.1) is 0 Å². The molecule has 1 aromatic rings. The predicted molar refractivity (Wildman–Crippen MR) is 50.1 cm³/mol. The van der Waals surface area contributed by atoms with E-state index < -0.39 is 8.03 Å². The second-order valence-corrected chi connectivity index (χ2v) is 3.94. The summed E-state index contributed by atoms with van der Waals surface area (Å²) in [5, 5.41) is 0.588. The van der Waals surface area contributed by atoms with Crippen molar-refractivity contribution in [3.63, 3.8) is 0 Å². The van der Waals surface area contributed by atoms with Gasteiger partial charge in [0.2, 0.25) is 5.30 Å². The second kappa shape index (κ2) is 3.34. The Morgan fingerprint density at radius 2 is 1.67 bits per heavy atom. The molecule has 12 heavy (non-hydrogen) atoms. The van der Waals surface area contributed by atoms with Crippen molar-refractivity contribution in [2.75, 3.05) is 0 Å². The topological polar surface area (TPSA) is 37.3 Å². The van der Waals surface area contributed by atoms with E-state index in [1.807, 2.05) is 32.9 Å². The summed E-state index contributed by atoms with van der Waals surface area (Å²) in [6.07, 6.45) is 0. The molecule has 0 heterocycles. The maximum absolute atomic E-state index is 10.9. The zero-order chi connectivity index (χ0) is 9.30. The van der Waals surface area contributed by atoms with Crippen LogP contribution in [-0.2, 0) is 4.57 Å². The van der Waals surface area contributed by atoms with Crippen LogP contribution in [0.4, 0.5) is 0 Å². The SMILES string of the molecule is Cc1ccc(C)c([P+](=O)O)c1C. The molecule has 0 saturated heterocycles. The molecule has 1 unspecified atom stereocenters. The second-order valence-electron chi connectivity index (χ2n) is 2.95. The Hall–Kier alpha value is -0.720. The van der Waals surface area contributed by atoms with Crippen molar-refractivity contribution in [1.82, 2.24) is 0 Å². The Morgan fingerprint density at radius 3 is 2.08 bits per heavy atom. The number of hydrogen-bond acceptors (Lipinski definition) is 1. The maximum Gasteiger partial charge on any atom is 0.546 e. The molecule has 3 heteroatoms. The van der Waals surface area contributed by atoms with Crippen molar-refractivity contribution in [2.24, 2.45) is 0 Å². The number of benzene rings is 1. The summed E-state index contributed by atoms with van der Waals surface area (Å²) in [6.45, 7) is 5.67. The van der Waals surface area contributed by atoms with Crippen LogP contribution >= 0.6 is 8.03 Å². The molecule has 0 radical (unpaired) electrons. The van der Waals surface area contributed by atoms with E-state index >= 15 is 0 Å². The monoisotopic (exact) mass is 183 g/mol. The van der Waals surface area contributed by atoms with Crippen LogP contribution in [0, 0.1) is 20.8 Å². The van der Waals surface area contributed by atoms with Crippen molar-refractivity contribution in [1.29, 1.82) is 0 Å². The Morgan fingerprint density at radius 1 is 1.17 bits per heavy atom.